The van der Waals surface area contributed by atoms with Crippen LogP contribution in [0, 0.1) is 24.5 Å². The quantitative estimate of drug-likeness (QED) is 0.861. The zero-order valence-corrected chi connectivity index (χ0v) is 12.0. The van der Waals surface area contributed by atoms with Crippen molar-refractivity contribution in [3.63, 3.8) is 0 Å². The highest BCUT2D eigenvalue weighted by Crippen LogP contribution is 2.27. The highest BCUT2D eigenvalue weighted by atomic mass is 19.1. The molecule has 0 unspecified atom stereocenters. The number of aromatic nitrogens is 2. The van der Waals surface area contributed by atoms with E-state index in [4.69, 9.17) is 4.74 Å². The van der Waals surface area contributed by atoms with E-state index in [9.17, 15) is 8.78 Å². The van der Waals surface area contributed by atoms with E-state index in [2.05, 4.69) is 4.98 Å². The van der Waals surface area contributed by atoms with Crippen LogP contribution < -0.4 is 0 Å². The van der Waals surface area contributed by atoms with E-state index < -0.39 is 11.6 Å². The fourth-order valence-corrected chi connectivity index (χ4v) is 2.71. The molecule has 0 radical (unpaired) electrons. The van der Waals surface area contributed by atoms with Crippen LogP contribution in [-0.2, 0) is 11.3 Å². The van der Waals surface area contributed by atoms with E-state index >= 15 is 0 Å². The van der Waals surface area contributed by atoms with Crippen LogP contribution in [0.4, 0.5) is 8.78 Å². The van der Waals surface area contributed by atoms with Crippen molar-refractivity contribution in [3.05, 3.63) is 41.7 Å². The molecule has 1 saturated heterocycles. The molecule has 0 amide bonds. The average molecular weight is 292 g/mol. The van der Waals surface area contributed by atoms with Gasteiger partial charge in [-0.25, -0.2) is 13.8 Å². The molecule has 0 N–H and O–H groups in total. The number of benzene rings is 1. The number of imidazole rings is 1. The Hall–Kier alpha value is -1.75. The summed E-state index contributed by atoms with van der Waals surface area (Å²) in [4.78, 5) is 4.15. The SMILES string of the molecule is Cc1ccc(F)c(-c2nccn2CC[C@H]2CCOC2)c1F. The van der Waals surface area contributed by atoms with Gasteiger partial charge in [0.1, 0.15) is 17.5 Å². The number of aryl methyl sites for hydroxylation is 2. The van der Waals surface area contributed by atoms with Crippen LogP contribution >= 0.6 is 0 Å². The fourth-order valence-electron chi connectivity index (χ4n) is 2.71. The summed E-state index contributed by atoms with van der Waals surface area (Å²) in [6, 6.07) is 2.73. The second-order valence-corrected chi connectivity index (χ2v) is 5.52. The molecule has 1 aromatic carbocycles. The standard InChI is InChI=1S/C16H18F2N2O/c1-11-2-3-13(17)14(15(11)18)16-19-6-8-20(16)7-4-12-5-9-21-10-12/h2-3,6,8,12H,4-5,7,9-10H2,1H3/t12-/m0/s1. The minimum absolute atomic E-state index is 0.0392. The Labute approximate surface area is 122 Å². The zero-order chi connectivity index (χ0) is 14.8. The summed E-state index contributed by atoms with van der Waals surface area (Å²) in [6.07, 6.45) is 5.34. The van der Waals surface area contributed by atoms with E-state index in [1.54, 1.807) is 19.3 Å². The Balaban J connectivity index is 1.86. The van der Waals surface area contributed by atoms with E-state index in [0.29, 0.717) is 23.9 Å². The van der Waals surface area contributed by atoms with Crippen LogP contribution in [0.25, 0.3) is 11.4 Å². The van der Waals surface area contributed by atoms with Crippen molar-refractivity contribution < 1.29 is 13.5 Å². The number of ether oxygens (including phenoxy) is 1. The van der Waals surface area contributed by atoms with Crippen LogP contribution in [0.2, 0.25) is 0 Å². The molecule has 21 heavy (non-hydrogen) atoms. The first kappa shape index (κ1) is 14.2. The van der Waals surface area contributed by atoms with Crippen molar-refractivity contribution in [2.24, 2.45) is 5.92 Å². The van der Waals surface area contributed by atoms with Crippen molar-refractivity contribution in [3.8, 4) is 11.4 Å². The third-order valence-corrected chi connectivity index (χ3v) is 4.03. The molecule has 0 bridgehead atoms. The molecule has 1 fully saturated rings. The molecule has 5 heteroatoms. The predicted molar refractivity (Wildman–Crippen MR) is 75.9 cm³/mol. The number of hydrogen-bond donors (Lipinski definition) is 0. The zero-order valence-electron chi connectivity index (χ0n) is 12.0. The Morgan fingerprint density at radius 1 is 1.38 bits per heavy atom. The van der Waals surface area contributed by atoms with Gasteiger partial charge in [-0.3, -0.25) is 0 Å². The molecular weight excluding hydrogens is 274 g/mol. The van der Waals surface area contributed by atoms with Gasteiger partial charge in [0.25, 0.3) is 0 Å². The van der Waals surface area contributed by atoms with Gasteiger partial charge in [0.05, 0.1) is 5.56 Å². The summed E-state index contributed by atoms with van der Waals surface area (Å²) < 4.78 is 35.4. The molecule has 1 aromatic heterocycles. The molecule has 1 atom stereocenters. The van der Waals surface area contributed by atoms with Gasteiger partial charge in [-0.1, -0.05) is 6.07 Å². The second-order valence-electron chi connectivity index (χ2n) is 5.52. The van der Waals surface area contributed by atoms with Crippen molar-refractivity contribution in [1.29, 1.82) is 0 Å². The van der Waals surface area contributed by atoms with E-state index in [0.717, 1.165) is 26.1 Å². The summed E-state index contributed by atoms with van der Waals surface area (Å²) in [5.74, 6) is -0.235. The van der Waals surface area contributed by atoms with Gasteiger partial charge >= 0.3 is 0 Å². The van der Waals surface area contributed by atoms with E-state index in [1.807, 2.05) is 4.57 Å². The van der Waals surface area contributed by atoms with Crippen LogP contribution in [0.3, 0.4) is 0 Å². The van der Waals surface area contributed by atoms with Crippen LogP contribution in [-0.4, -0.2) is 22.8 Å². The maximum Gasteiger partial charge on any atom is 0.145 e. The smallest absolute Gasteiger partial charge is 0.145 e. The predicted octanol–water partition coefficient (Wildman–Crippen LogP) is 3.56. The van der Waals surface area contributed by atoms with Gasteiger partial charge < -0.3 is 9.30 Å². The molecule has 2 heterocycles. The molecule has 0 saturated carbocycles. The monoisotopic (exact) mass is 292 g/mol. The third kappa shape index (κ3) is 2.83. The molecule has 0 spiro atoms. The van der Waals surface area contributed by atoms with Crippen molar-refractivity contribution in [2.45, 2.75) is 26.3 Å². The minimum atomic E-state index is -0.574. The van der Waals surface area contributed by atoms with Crippen molar-refractivity contribution >= 4 is 0 Å². The van der Waals surface area contributed by atoms with E-state index in [-0.39, 0.29) is 5.56 Å². The molecule has 3 nitrogen and oxygen atoms in total. The highest BCUT2D eigenvalue weighted by Gasteiger charge is 2.20. The first-order valence-electron chi connectivity index (χ1n) is 7.20. The summed E-state index contributed by atoms with van der Waals surface area (Å²) in [6.45, 7) is 3.90. The van der Waals surface area contributed by atoms with Gasteiger partial charge in [-0.15, -0.1) is 0 Å². The van der Waals surface area contributed by atoms with Crippen LogP contribution in [0.5, 0.6) is 0 Å². The molecule has 2 aromatic rings. The number of halogens is 2. The number of rotatable bonds is 4. The number of nitrogens with zero attached hydrogens (tertiary/aromatic N) is 2. The molecule has 1 aliphatic heterocycles. The van der Waals surface area contributed by atoms with Gasteiger partial charge in [-0.05, 0) is 37.3 Å². The van der Waals surface area contributed by atoms with Crippen molar-refractivity contribution in [2.75, 3.05) is 13.2 Å². The Morgan fingerprint density at radius 2 is 2.24 bits per heavy atom. The molecule has 1 aliphatic rings. The van der Waals surface area contributed by atoms with E-state index in [1.165, 1.54) is 12.1 Å². The van der Waals surface area contributed by atoms with Crippen LogP contribution in [0.1, 0.15) is 18.4 Å². The summed E-state index contributed by atoms with van der Waals surface area (Å²) >= 11 is 0. The first-order chi connectivity index (χ1) is 10.2. The molecule has 3 rings (SSSR count). The summed E-state index contributed by atoms with van der Waals surface area (Å²) in [5.41, 5.74) is 0.382. The largest absolute Gasteiger partial charge is 0.381 e. The van der Waals surface area contributed by atoms with Crippen LogP contribution in [0.15, 0.2) is 24.5 Å². The second kappa shape index (κ2) is 5.93. The normalized spacial score (nSPS) is 18.3. The molecular formula is C16H18F2N2O. The van der Waals surface area contributed by atoms with Gasteiger partial charge in [0, 0.05) is 32.2 Å². The van der Waals surface area contributed by atoms with Gasteiger partial charge in [0.15, 0.2) is 0 Å². The topological polar surface area (TPSA) is 27.1 Å². The maximum absolute atomic E-state index is 14.2. The molecule has 0 aliphatic carbocycles. The lowest BCUT2D eigenvalue weighted by Crippen LogP contribution is -2.08. The maximum atomic E-state index is 14.2. The lowest BCUT2D eigenvalue weighted by Gasteiger charge is -2.12. The Morgan fingerprint density at radius 3 is 3.00 bits per heavy atom. The summed E-state index contributed by atoms with van der Waals surface area (Å²) in [7, 11) is 0. The first-order valence-corrected chi connectivity index (χ1v) is 7.20. The lowest BCUT2D eigenvalue weighted by molar-refractivity contribution is 0.183. The average Bonchev–Trinajstić information content (AvgIpc) is 3.12. The Bertz CT molecular complexity index is 633. The third-order valence-electron chi connectivity index (χ3n) is 4.03. The van der Waals surface area contributed by atoms with Crippen molar-refractivity contribution in [1.82, 2.24) is 9.55 Å². The minimum Gasteiger partial charge on any atom is -0.381 e. The van der Waals surface area contributed by atoms with Gasteiger partial charge in [-0.2, -0.15) is 0 Å². The van der Waals surface area contributed by atoms with Gasteiger partial charge in [0.2, 0.25) is 0 Å². The Kier molecular flexibility index (Phi) is 4.01. The fraction of sp³-hybridized carbons (Fsp3) is 0.438. The highest BCUT2D eigenvalue weighted by molar-refractivity contribution is 5.59. The number of hydrogen-bond acceptors (Lipinski definition) is 2. The molecule has 112 valence electrons. The lowest BCUT2D eigenvalue weighted by atomic mass is 10.1. The summed E-state index contributed by atoms with van der Waals surface area (Å²) in [5, 5.41) is 0.